The molecule has 5 rings (SSSR count). The first-order valence-electron chi connectivity index (χ1n) is 10.8. The van der Waals surface area contributed by atoms with E-state index in [4.69, 9.17) is 4.74 Å². The van der Waals surface area contributed by atoms with Crippen molar-refractivity contribution >= 4 is 28.3 Å². The lowest BCUT2D eigenvalue weighted by molar-refractivity contribution is -0.116. The van der Waals surface area contributed by atoms with Crippen molar-refractivity contribution in [3.63, 3.8) is 0 Å². The van der Waals surface area contributed by atoms with Crippen molar-refractivity contribution in [3.05, 3.63) is 88.2 Å². The second kappa shape index (κ2) is 8.47. The predicted octanol–water partition coefficient (Wildman–Crippen LogP) is 3.98. The van der Waals surface area contributed by atoms with E-state index < -0.39 is 5.56 Å². The van der Waals surface area contributed by atoms with Gasteiger partial charge in [0.15, 0.2) is 5.82 Å². The fourth-order valence-corrected chi connectivity index (χ4v) is 4.06. The molecule has 8 heteroatoms. The number of aromatic nitrogens is 4. The number of fused-ring (bicyclic) bond motifs is 3. The molecule has 34 heavy (non-hydrogen) atoms. The number of nitrogens with zero attached hydrogens (tertiary/aromatic N) is 4. The van der Waals surface area contributed by atoms with Gasteiger partial charge in [0.05, 0.1) is 23.8 Å². The lowest BCUT2D eigenvalue weighted by Gasteiger charge is -2.14. The van der Waals surface area contributed by atoms with E-state index in [0.717, 1.165) is 22.2 Å². The van der Waals surface area contributed by atoms with E-state index >= 15 is 0 Å². The molecule has 0 radical (unpaired) electrons. The second-order valence-corrected chi connectivity index (χ2v) is 8.18. The molecule has 0 saturated carbocycles. The first-order valence-corrected chi connectivity index (χ1v) is 10.8. The minimum absolute atomic E-state index is 0.162. The lowest BCUT2D eigenvalue weighted by atomic mass is 10.1. The second-order valence-electron chi connectivity index (χ2n) is 8.18. The number of ether oxygens (including phenoxy) is 1. The van der Waals surface area contributed by atoms with Crippen LogP contribution in [0.4, 0.5) is 5.69 Å². The van der Waals surface area contributed by atoms with Gasteiger partial charge < -0.3 is 10.1 Å². The average Bonchev–Trinajstić information content (AvgIpc) is 3.28. The van der Waals surface area contributed by atoms with E-state index in [2.05, 4.69) is 15.5 Å². The van der Waals surface area contributed by atoms with Gasteiger partial charge in [0, 0.05) is 5.56 Å². The minimum atomic E-state index is -0.393. The van der Waals surface area contributed by atoms with Gasteiger partial charge in [0.25, 0.3) is 5.56 Å². The predicted molar refractivity (Wildman–Crippen MR) is 131 cm³/mol. The molecule has 0 spiro atoms. The van der Waals surface area contributed by atoms with Gasteiger partial charge in [-0.3, -0.25) is 18.6 Å². The maximum atomic E-state index is 13.4. The number of carbonyl (C=O) groups is 1. The summed E-state index contributed by atoms with van der Waals surface area (Å²) >= 11 is 0. The number of aryl methyl sites for hydroxylation is 2. The molecule has 0 bridgehead atoms. The van der Waals surface area contributed by atoms with Crippen LogP contribution in [-0.2, 0) is 11.3 Å². The van der Waals surface area contributed by atoms with Crippen LogP contribution in [-0.4, -0.2) is 32.2 Å². The zero-order valence-corrected chi connectivity index (χ0v) is 19.1. The zero-order chi connectivity index (χ0) is 23.8. The van der Waals surface area contributed by atoms with Crippen LogP contribution in [0.2, 0.25) is 0 Å². The van der Waals surface area contributed by atoms with E-state index in [-0.39, 0.29) is 18.1 Å². The molecule has 0 fully saturated rings. The molecular formula is C26H23N5O3. The third-order valence-electron chi connectivity index (χ3n) is 5.75. The monoisotopic (exact) mass is 453 g/mol. The third kappa shape index (κ3) is 3.69. The molecule has 170 valence electrons. The van der Waals surface area contributed by atoms with Gasteiger partial charge in [0.2, 0.25) is 11.6 Å². The maximum absolute atomic E-state index is 13.4. The summed E-state index contributed by atoms with van der Waals surface area (Å²) in [5, 5.41) is 11.4. The summed E-state index contributed by atoms with van der Waals surface area (Å²) in [6, 6.07) is 20.8. The lowest BCUT2D eigenvalue weighted by Crippen LogP contribution is -2.29. The van der Waals surface area contributed by atoms with Crippen LogP contribution in [0.25, 0.3) is 28.1 Å². The normalized spacial score (nSPS) is 11.1. The molecule has 2 heterocycles. The standard InChI is InChI=1S/C26H23N5O3/c1-16-8-11-18(12-9-16)24-28-29-25-26(33)30(20-6-4-5-7-21(20)31(24)25)15-23(32)27-19-14-17(2)10-13-22(19)34-3/h4-14H,15H2,1-3H3,(H,27,32). The fourth-order valence-electron chi connectivity index (χ4n) is 4.06. The van der Waals surface area contributed by atoms with E-state index in [1.54, 1.807) is 17.6 Å². The highest BCUT2D eigenvalue weighted by Gasteiger charge is 2.19. The van der Waals surface area contributed by atoms with Gasteiger partial charge in [-0.25, -0.2) is 0 Å². The highest BCUT2D eigenvalue weighted by atomic mass is 16.5. The molecule has 0 unspecified atom stereocenters. The molecule has 1 N–H and O–H groups in total. The number of methoxy groups -OCH3 is 1. The number of amides is 1. The van der Waals surface area contributed by atoms with Crippen molar-refractivity contribution in [1.29, 1.82) is 0 Å². The number of hydrogen-bond donors (Lipinski definition) is 1. The summed E-state index contributed by atoms with van der Waals surface area (Å²) in [6.45, 7) is 3.76. The Hall–Kier alpha value is -4.46. The number of benzene rings is 3. The minimum Gasteiger partial charge on any atom is -0.495 e. The summed E-state index contributed by atoms with van der Waals surface area (Å²) in [5.41, 5.74) is 4.62. The van der Waals surface area contributed by atoms with Crippen LogP contribution in [0, 0.1) is 13.8 Å². The third-order valence-corrected chi connectivity index (χ3v) is 5.75. The van der Waals surface area contributed by atoms with E-state index in [0.29, 0.717) is 22.8 Å². The Balaban J connectivity index is 1.61. The Kier molecular flexibility index (Phi) is 5.33. The van der Waals surface area contributed by atoms with Crippen molar-refractivity contribution < 1.29 is 9.53 Å². The Labute approximate surface area is 195 Å². The van der Waals surface area contributed by atoms with E-state index in [9.17, 15) is 9.59 Å². The number of para-hydroxylation sites is 2. The average molecular weight is 454 g/mol. The highest BCUT2D eigenvalue weighted by molar-refractivity contribution is 5.93. The van der Waals surface area contributed by atoms with Gasteiger partial charge in [-0.15, -0.1) is 10.2 Å². The van der Waals surface area contributed by atoms with Gasteiger partial charge in [-0.1, -0.05) is 48.0 Å². The molecule has 2 aromatic heterocycles. The zero-order valence-electron chi connectivity index (χ0n) is 19.1. The summed E-state index contributed by atoms with van der Waals surface area (Å²) in [7, 11) is 1.54. The Morgan fingerprint density at radius 2 is 1.65 bits per heavy atom. The Bertz CT molecular complexity index is 1600. The Morgan fingerprint density at radius 1 is 0.941 bits per heavy atom. The molecule has 5 aromatic rings. The van der Waals surface area contributed by atoms with Gasteiger partial charge in [0.1, 0.15) is 12.3 Å². The maximum Gasteiger partial charge on any atom is 0.297 e. The summed E-state index contributed by atoms with van der Waals surface area (Å²) in [5.74, 6) is 0.773. The number of hydrogen-bond acceptors (Lipinski definition) is 5. The molecule has 0 atom stereocenters. The molecule has 0 saturated heterocycles. The quantitative estimate of drug-likeness (QED) is 0.435. The highest BCUT2D eigenvalue weighted by Crippen LogP contribution is 2.26. The van der Waals surface area contributed by atoms with E-state index in [1.165, 1.54) is 4.57 Å². The molecule has 0 aliphatic rings. The van der Waals surface area contributed by atoms with Crippen LogP contribution in [0.3, 0.4) is 0 Å². The number of carbonyl (C=O) groups excluding carboxylic acids is 1. The molecular weight excluding hydrogens is 430 g/mol. The van der Waals surface area contributed by atoms with Crippen molar-refractivity contribution in [2.45, 2.75) is 20.4 Å². The number of rotatable bonds is 5. The first-order chi connectivity index (χ1) is 16.5. The number of nitrogens with one attached hydrogen (secondary N) is 1. The van der Waals surface area contributed by atoms with Crippen LogP contribution < -0.4 is 15.6 Å². The summed E-state index contributed by atoms with van der Waals surface area (Å²) in [6.07, 6.45) is 0. The van der Waals surface area contributed by atoms with Gasteiger partial charge in [-0.2, -0.15) is 0 Å². The van der Waals surface area contributed by atoms with Crippen LogP contribution in [0.5, 0.6) is 5.75 Å². The topological polar surface area (TPSA) is 90.5 Å². The van der Waals surface area contributed by atoms with Crippen LogP contribution in [0.15, 0.2) is 71.5 Å². The van der Waals surface area contributed by atoms with Crippen molar-refractivity contribution in [3.8, 4) is 17.1 Å². The summed E-state index contributed by atoms with van der Waals surface area (Å²) < 4.78 is 8.53. The SMILES string of the molecule is COc1ccc(C)cc1NC(=O)Cn1c(=O)c2nnc(-c3ccc(C)cc3)n2c2ccccc21. The molecule has 1 amide bonds. The molecule has 0 aliphatic heterocycles. The summed E-state index contributed by atoms with van der Waals surface area (Å²) in [4.78, 5) is 26.4. The fraction of sp³-hybridized carbons (Fsp3) is 0.154. The molecule has 0 aliphatic carbocycles. The van der Waals surface area contributed by atoms with Crippen LogP contribution in [0.1, 0.15) is 11.1 Å². The smallest absolute Gasteiger partial charge is 0.297 e. The van der Waals surface area contributed by atoms with Gasteiger partial charge >= 0.3 is 0 Å². The number of anilines is 1. The molecule has 8 nitrogen and oxygen atoms in total. The largest absolute Gasteiger partial charge is 0.495 e. The van der Waals surface area contributed by atoms with Crippen molar-refractivity contribution in [2.24, 2.45) is 0 Å². The van der Waals surface area contributed by atoms with Crippen LogP contribution >= 0.6 is 0 Å². The van der Waals surface area contributed by atoms with Crippen molar-refractivity contribution in [1.82, 2.24) is 19.2 Å². The van der Waals surface area contributed by atoms with Gasteiger partial charge in [-0.05, 0) is 43.7 Å². The Morgan fingerprint density at radius 3 is 2.38 bits per heavy atom. The van der Waals surface area contributed by atoms with E-state index in [1.807, 2.05) is 74.5 Å². The first kappa shape index (κ1) is 21.4. The molecule has 3 aromatic carbocycles. The van der Waals surface area contributed by atoms with Crippen molar-refractivity contribution in [2.75, 3.05) is 12.4 Å².